The van der Waals surface area contributed by atoms with Crippen LogP contribution in [-0.4, -0.2) is 18.1 Å². The molecule has 0 unspecified atom stereocenters. The first-order chi connectivity index (χ1) is 8.58. The molecule has 1 aromatic carbocycles. The Morgan fingerprint density at radius 3 is 2.78 bits per heavy atom. The molecule has 1 heterocycles. The second-order valence-electron chi connectivity index (χ2n) is 4.24. The molecule has 0 radical (unpaired) electrons. The third-order valence-corrected chi connectivity index (χ3v) is 3.89. The summed E-state index contributed by atoms with van der Waals surface area (Å²) in [6, 6.07) is 9.11. The summed E-state index contributed by atoms with van der Waals surface area (Å²) in [5.74, 6) is -0.891. The Labute approximate surface area is 110 Å². The van der Waals surface area contributed by atoms with Crippen LogP contribution >= 0.6 is 11.3 Å². The average Bonchev–Trinajstić information content (AvgIpc) is 2.75. The molecule has 0 saturated heterocycles. The van der Waals surface area contributed by atoms with Crippen molar-refractivity contribution in [3.05, 3.63) is 51.7 Å². The number of hydrogen-bond donors (Lipinski definition) is 1. The molecule has 1 aromatic heterocycles. The molecule has 0 spiro atoms. The molecule has 2 rings (SSSR count). The Bertz CT molecular complexity index is 562. The van der Waals surface area contributed by atoms with Gasteiger partial charge in [-0.2, -0.15) is 0 Å². The SMILES string of the molecule is Cc1ccsc1CN(C)c1cccc(C(=O)O)c1. The van der Waals surface area contributed by atoms with Gasteiger partial charge in [-0.3, -0.25) is 0 Å². The zero-order valence-electron chi connectivity index (χ0n) is 10.4. The Morgan fingerprint density at radius 2 is 2.17 bits per heavy atom. The molecular weight excluding hydrogens is 246 g/mol. The van der Waals surface area contributed by atoms with Gasteiger partial charge in [0.1, 0.15) is 0 Å². The number of thiophene rings is 1. The van der Waals surface area contributed by atoms with Crippen LogP contribution < -0.4 is 4.90 Å². The van der Waals surface area contributed by atoms with E-state index in [2.05, 4.69) is 23.3 Å². The van der Waals surface area contributed by atoms with E-state index >= 15 is 0 Å². The van der Waals surface area contributed by atoms with E-state index in [4.69, 9.17) is 5.11 Å². The van der Waals surface area contributed by atoms with Crippen LogP contribution in [-0.2, 0) is 6.54 Å². The molecule has 0 amide bonds. The molecule has 0 aliphatic rings. The summed E-state index contributed by atoms with van der Waals surface area (Å²) >= 11 is 1.73. The summed E-state index contributed by atoms with van der Waals surface area (Å²) in [5, 5.41) is 11.1. The van der Waals surface area contributed by atoms with Gasteiger partial charge in [-0.05, 0) is 42.1 Å². The Balaban J connectivity index is 2.18. The van der Waals surface area contributed by atoms with Crippen LogP contribution in [0, 0.1) is 6.92 Å². The summed E-state index contributed by atoms with van der Waals surface area (Å²) < 4.78 is 0. The number of benzene rings is 1. The lowest BCUT2D eigenvalue weighted by molar-refractivity contribution is 0.0697. The van der Waals surface area contributed by atoms with E-state index in [1.165, 1.54) is 10.4 Å². The van der Waals surface area contributed by atoms with Crippen molar-refractivity contribution in [3.8, 4) is 0 Å². The second kappa shape index (κ2) is 5.23. The molecule has 0 atom stereocenters. The first-order valence-corrected chi connectivity index (χ1v) is 6.53. The maximum atomic E-state index is 10.9. The van der Waals surface area contributed by atoms with Gasteiger partial charge in [0.05, 0.1) is 12.1 Å². The molecule has 18 heavy (non-hydrogen) atoms. The number of aromatic carboxylic acids is 1. The van der Waals surface area contributed by atoms with E-state index in [1.807, 2.05) is 13.1 Å². The Kier molecular flexibility index (Phi) is 3.67. The maximum Gasteiger partial charge on any atom is 0.335 e. The van der Waals surface area contributed by atoms with E-state index in [9.17, 15) is 4.79 Å². The number of nitrogens with zero attached hydrogens (tertiary/aromatic N) is 1. The Hall–Kier alpha value is -1.81. The highest BCUT2D eigenvalue weighted by Gasteiger charge is 2.08. The predicted octanol–water partition coefficient (Wildman–Crippen LogP) is 3.39. The summed E-state index contributed by atoms with van der Waals surface area (Å²) in [4.78, 5) is 14.3. The zero-order chi connectivity index (χ0) is 13.1. The maximum absolute atomic E-state index is 10.9. The van der Waals surface area contributed by atoms with Gasteiger partial charge < -0.3 is 10.0 Å². The number of aryl methyl sites for hydroxylation is 1. The third kappa shape index (κ3) is 2.71. The number of carbonyl (C=O) groups is 1. The second-order valence-corrected chi connectivity index (χ2v) is 5.24. The molecule has 2 aromatic rings. The van der Waals surface area contributed by atoms with E-state index in [1.54, 1.807) is 29.5 Å². The van der Waals surface area contributed by atoms with Crippen LogP contribution in [0.5, 0.6) is 0 Å². The van der Waals surface area contributed by atoms with Gasteiger partial charge >= 0.3 is 5.97 Å². The summed E-state index contributed by atoms with van der Waals surface area (Å²) in [7, 11) is 1.97. The van der Waals surface area contributed by atoms with Crippen molar-refractivity contribution < 1.29 is 9.90 Å². The molecular formula is C14H15NO2S. The number of carboxylic acids is 1. The minimum absolute atomic E-state index is 0.322. The van der Waals surface area contributed by atoms with Gasteiger partial charge in [-0.25, -0.2) is 4.79 Å². The van der Waals surface area contributed by atoms with E-state index in [-0.39, 0.29) is 0 Å². The van der Waals surface area contributed by atoms with E-state index in [0.29, 0.717) is 5.56 Å². The minimum Gasteiger partial charge on any atom is -0.478 e. The van der Waals surface area contributed by atoms with Gasteiger partial charge in [-0.15, -0.1) is 11.3 Å². The Morgan fingerprint density at radius 1 is 1.39 bits per heavy atom. The molecule has 94 valence electrons. The summed E-state index contributed by atoms with van der Waals surface area (Å²) in [5.41, 5.74) is 2.52. The molecule has 0 saturated carbocycles. The highest BCUT2D eigenvalue weighted by Crippen LogP contribution is 2.22. The van der Waals surface area contributed by atoms with Crippen LogP contribution in [0.4, 0.5) is 5.69 Å². The number of hydrogen-bond acceptors (Lipinski definition) is 3. The van der Waals surface area contributed by atoms with Gasteiger partial charge in [0.15, 0.2) is 0 Å². The molecule has 1 N–H and O–H groups in total. The van der Waals surface area contributed by atoms with Crippen molar-refractivity contribution in [1.82, 2.24) is 0 Å². The van der Waals surface area contributed by atoms with E-state index < -0.39 is 5.97 Å². The number of anilines is 1. The first kappa shape index (κ1) is 12.6. The fourth-order valence-electron chi connectivity index (χ4n) is 1.75. The highest BCUT2D eigenvalue weighted by atomic mass is 32.1. The lowest BCUT2D eigenvalue weighted by Gasteiger charge is -2.19. The summed E-state index contributed by atoms with van der Waals surface area (Å²) in [6.45, 7) is 2.89. The first-order valence-electron chi connectivity index (χ1n) is 5.65. The molecule has 3 nitrogen and oxygen atoms in total. The molecule has 0 fully saturated rings. The summed E-state index contributed by atoms with van der Waals surface area (Å²) in [6.07, 6.45) is 0. The predicted molar refractivity (Wildman–Crippen MR) is 74.6 cm³/mol. The van der Waals surface area contributed by atoms with Crippen molar-refractivity contribution >= 4 is 23.0 Å². The average molecular weight is 261 g/mol. The molecule has 4 heteroatoms. The van der Waals surface area contributed by atoms with Gasteiger partial charge in [0, 0.05) is 17.6 Å². The number of carboxylic acid groups (broad SMARTS) is 1. The number of rotatable bonds is 4. The van der Waals surface area contributed by atoms with Crippen LogP contribution in [0.2, 0.25) is 0 Å². The fourth-order valence-corrected chi connectivity index (χ4v) is 2.71. The monoisotopic (exact) mass is 261 g/mol. The van der Waals surface area contributed by atoms with Gasteiger partial charge in [-0.1, -0.05) is 6.07 Å². The standard InChI is InChI=1S/C14H15NO2S/c1-10-6-7-18-13(10)9-15(2)12-5-3-4-11(8-12)14(16)17/h3-8H,9H2,1-2H3,(H,16,17). The van der Waals surface area contributed by atoms with Crippen LogP contribution in [0.15, 0.2) is 35.7 Å². The normalized spacial score (nSPS) is 10.3. The lowest BCUT2D eigenvalue weighted by atomic mass is 10.2. The smallest absolute Gasteiger partial charge is 0.335 e. The van der Waals surface area contributed by atoms with Crippen LogP contribution in [0.3, 0.4) is 0 Å². The molecule has 0 aliphatic carbocycles. The van der Waals surface area contributed by atoms with Crippen LogP contribution in [0.1, 0.15) is 20.8 Å². The van der Waals surface area contributed by atoms with Crippen molar-refractivity contribution in [2.24, 2.45) is 0 Å². The fraction of sp³-hybridized carbons (Fsp3) is 0.214. The topological polar surface area (TPSA) is 40.5 Å². The van der Waals surface area contributed by atoms with E-state index in [0.717, 1.165) is 12.2 Å². The molecule has 0 aliphatic heterocycles. The highest BCUT2D eigenvalue weighted by molar-refractivity contribution is 7.10. The third-order valence-electron chi connectivity index (χ3n) is 2.88. The van der Waals surface area contributed by atoms with Crippen molar-refractivity contribution in [2.45, 2.75) is 13.5 Å². The zero-order valence-corrected chi connectivity index (χ0v) is 11.2. The molecule has 0 bridgehead atoms. The van der Waals surface area contributed by atoms with Crippen molar-refractivity contribution in [2.75, 3.05) is 11.9 Å². The van der Waals surface area contributed by atoms with Gasteiger partial charge in [0.2, 0.25) is 0 Å². The lowest BCUT2D eigenvalue weighted by Crippen LogP contribution is -2.16. The largest absolute Gasteiger partial charge is 0.478 e. The quantitative estimate of drug-likeness (QED) is 0.917. The van der Waals surface area contributed by atoms with Crippen molar-refractivity contribution in [3.63, 3.8) is 0 Å². The minimum atomic E-state index is -0.891. The van der Waals surface area contributed by atoms with Crippen molar-refractivity contribution in [1.29, 1.82) is 0 Å². The van der Waals surface area contributed by atoms with Crippen LogP contribution in [0.25, 0.3) is 0 Å². The van der Waals surface area contributed by atoms with Gasteiger partial charge in [0.25, 0.3) is 0 Å².